The molecule has 218 valence electrons. The zero-order chi connectivity index (χ0) is 29.8. The molecular formula is C29H34N4O8. The summed E-state index contributed by atoms with van der Waals surface area (Å²) < 4.78 is 27.5. The number of nitrogens with one attached hydrogen (secondary N) is 3. The molecule has 12 nitrogen and oxygen atoms in total. The van der Waals surface area contributed by atoms with E-state index in [-0.39, 0.29) is 18.8 Å². The topological polar surface area (TPSA) is 149 Å². The Morgan fingerprint density at radius 1 is 1.10 bits per heavy atom. The van der Waals surface area contributed by atoms with Crippen molar-refractivity contribution >= 4 is 18.2 Å². The van der Waals surface area contributed by atoms with E-state index in [9.17, 15) is 14.7 Å². The summed E-state index contributed by atoms with van der Waals surface area (Å²) >= 11 is 0. The van der Waals surface area contributed by atoms with Crippen LogP contribution in [0.3, 0.4) is 0 Å². The first-order valence-electron chi connectivity index (χ1n) is 12.9. The Labute approximate surface area is 238 Å². The Bertz CT molecular complexity index is 1330. The summed E-state index contributed by atoms with van der Waals surface area (Å²) in [6, 6.07) is 9.02. The smallest absolute Gasteiger partial charge is 0.337 e. The van der Waals surface area contributed by atoms with E-state index in [1.807, 2.05) is 13.8 Å². The molecule has 0 aliphatic carbocycles. The number of benzene rings is 2. The number of methoxy groups -OCH3 is 1. The molecule has 41 heavy (non-hydrogen) atoms. The average molecular weight is 567 g/mol. The van der Waals surface area contributed by atoms with Gasteiger partial charge in [-0.05, 0) is 62.2 Å². The number of aliphatic hydroxyl groups is 1. The average Bonchev–Trinajstić information content (AvgIpc) is 2.95. The van der Waals surface area contributed by atoms with Crippen LogP contribution in [-0.2, 0) is 9.53 Å². The zero-order valence-corrected chi connectivity index (χ0v) is 23.4. The van der Waals surface area contributed by atoms with Crippen LogP contribution in [0.1, 0.15) is 37.9 Å². The van der Waals surface area contributed by atoms with E-state index in [1.54, 1.807) is 43.3 Å². The van der Waals surface area contributed by atoms with Gasteiger partial charge < -0.3 is 39.4 Å². The first-order chi connectivity index (χ1) is 19.8. The van der Waals surface area contributed by atoms with Crippen LogP contribution in [0.5, 0.6) is 23.0 Å². The van der Waals surface area contributed by atoms with E-state index in [0.717, 1.165) is 0 Å². The molecule has 2 aromatic carbocycles. The van der Waals surface area contributed by atoms with Gasteiger partial charge >= 0.3 is 12.0 Å². The molecule has 1 aliphatic rings. The first-order valence-corrected chi connectivity index (χ1v) is 12.9. The quantitative estimate of drug-likeness (QED) is 0.0890. The number of hydrogen-bond acceptors (Lipinski definition) is 10. The van der Waals surface area contributed by atoms with Gasteiger partial charge in [0.15, 0.2) is 29.2 Å². The normalized spacial score (nSPS) is 15.3. The number of terminal acetylenes is 1. The SMILES string of the molecule is C#CCOc1ccc(/C=N\N[C@H](O)COc2ccc([C@H]3NC(=O)NC(C)=C3C(=O)OC)cc2OCC)cc1OCC. The Kier molecular flexibility index (Phi) is 11.2. The van der Waals surface area contributed by atoms with E-state index in [1.165, 1.54) is 13.3 Å². The van der Waals surface area contributed by atoms with Crippen LogP contribution in [0.2, 0.25) is 0 Å². The Balaban J connectivity index is 1.67. The molecule has 2 aromatic rings. The number of amides is 2. The van der Waals surface area contributed by atoms with Gasteiger partial charge in [0.1, 0.15) is 13.2 Å². The molecule has 0 saturated heterocycles. The molecule has 2 amide bonds. The lowest BCUT2D eigenvalue weighted by Crippen LogP contribution is -2.45. The highest BCUT2D eigenvalue weighted by molar-refractivity contribution is 5.95. The van der Waals surface area contributed by atoms with Crippen molar-refractivity contribution in [2.75, 3.05) is 33.5 Å². The number of esters is 1. The number of rotatable bonds is 14. The van der Waals surface area contributed by atoms with Crippen LogP contribution in [0.25, 0.3) is 0 Å². The Morgan fingerprint density at radius 3 is 2.46 bits per heavy atom. The number of aliphatic hydroxyl groups excluding tert-OH is 1. The molecule has 0 unspecified atom stereocenters. The Morgan fingerprint density at radius 2 is 1.78 bits per heavy atom. The van der Waals surface area contributed by atoms with Gasteiger partial charge in [-0.3, -0.25) is 5.43 Å². The fourth-order valence-electron chi connectivity index (χ4n) is 3.93. The predicted molar refractivity (Wildman–Crippen MR) is 151 cm³/mol. The second-order valence-corrected chi connectivity index (χ2v) is 8.55. The maximum Gasteiger partial charge on any atom is 0.337 e. The van der Waals surface area contributed by atoms with E-state index >= 15 is 0 Å². The zero-order valence-electron chi connectivity index (χ0n) is 23.4. The van der Waals surface area contributed by atoms with Crippen LogP contribution < -0.4 is 35.0 Å². The third kappa shape index (κ3) is 8.30. The number of allylic oxidation sites excluding steroid dienone is 1. The molecule has 0 spiro atoms. The molecule has 0 radical (unpaired) electrons. The van der Waals surface area contributed by atoms with Gasteiger partial charge in [0.05, 0.1) is 38.2 Å². The van der Waals surface area contributed by atoms with Gasteiger partial charge in [-0.15, -0.1) is 6.42 Å². The van der Waals surface area contributed by atoms with Gasteiger partial charge in [0, 0.05) is 5.70 Å². The minimum atomic E-state index is -1.15. The number of urea groups is 1. The van der Waals surface area contributed by atoms with E-state index < -0.39 is 24.3 Å². The molecule has 3 rings (SSSR count). The van der Waals surface area contributed by atoms with Crippen molar-refractivity contribution in [3.05, 3.63) is 58.8 Å². The third-order valence-corrected chi connectivity index (χ3v) is 5.69. The summed E-state index contributed by atoms with van der Waals surface area (Å²) in [6.45, 7) is 6.03. The van der Waals surface area contributed by atoms with Crippen LogP contribution in [0.15, 0.2) is 52.8 Å². The van der Waals surface area contributed by atoms with E-state index in [4.69, 9.17) is 30.1 Å². The summed E-state index contributed by atoms with van der Waals surface area (Å²) in [5.74, 6) is 3.60. The highest BCUT2D eigenvalue weighted by Crippen LogP contribution is 2.35. The summed E-state index contributed by atoms with van der Waals surface area (Å²) in [5, 5.41) is 19.7. The highest BCUT2D eigenvalue weighted by atomic mass is 16.5. The van der Waals surface area contributed by atoms with E-state index in [0.29, 0.717) is 53.0 Å². The lowest BCUT2D eigenvalue weighted by Gasteiger charge is -2.28. The molecule has 4 N–H and O–H groups in total. The Hall–Kier alpha value is -4.89. The molecule has 0 aromatic heterocycles. The van der Waals surface area contributed by atoms with Gasteiger partial charge in [-0.2, -0.15) is 5.10 Å². The fraction of sp³-hybridized carbons (Fsp3) is 0.345. The fourth-order valence-corrected chi connectivity index (χ4v) is 3.93. The summed E-state index contributed by atoms with van der Waals surface area (Å²) in [4.78, 5) is 24.5. The second kappa shape index (κ2) is 15.0. The molecular weight excluding hydrogens is 532 g/mol. The number of carbonyl (C=O) groups excluding carboxylic acids is 2. The molecule has 1 aliphatic heterocycles. The highest BCUT2D eigenvalue weighted by Gasteiger charge is 2.32. The maximum absolute atomic E-state index is 12.4. The van der Waals surface area contributed by atoms with Crippen LogP contribution in [-0.4, -0.2) is 63.1 Å². The number of nitrogens with zero attached hydrogens (tertiary/aromatic N) is 1. The predicted octanol–water partition coefficient (Wildman–Crippen LogP) is 2.62. The van der Waals surface area contributed by atoms with Crippen molar-refractivity contribution in [2.45, 2.75) is 33.0 Å². The number of hydrogen-bond donors (Lipinski definition) is 4. The van der Waals surface area contributed by atoms with Crippen LogP contribution >= 0.6 is 0 Å². The van der Waals surface area contributed by atoms with Crippen molar-refractivity contribution in [2.24, 2.45) is 5.10 Å². The standard InChI is InChI=1S/C29H34N4O8/c1-6-13-40-21-11-9-19(14-23(21)38-7-2)16-30-33-25(34)17-41-22-12-10-20(15-24(22)39-8-3)27-26(28(35)37-5)18(4)31-29(36)32-27/h1,9-12,14-16,25,27,33-34H,7-8,13,17H2,2-5H3,(H2,31,32,36)/b30-16-/t25-,27-/m1/s1. The van der Waals surface area contributed by atoms with Gasteiger partial charge in [-0.1, -0.05) is 12.0 Å². The molecule has 2 atom stereocenters. The number of hydrazone groups is 1. The second-order valence-electron chi connectivity index (χ2n) is 8.55. The van der Waals surface area contributed by atoms with E-state index in [2.05, 4.69) is 27.1 Å². The maximum atomic E-state index is 12.4. The van der Waals surface area contributed by atoms with Gasteiger partial charge in [0.25, 0.3) is 0 Å². The number of carbonyl (C=O) groups is 2. The summed E-state index contributed by atoms with van der Waals surface area (Å²) in [7, 11) is 1.27. The van der Waals surface area contributed by atoms with Crippen molar-refractivity contribution in [1.29, 1.82) is 0 Å². The molecule has 0 saturated carbocycles. The van der Waals surface area contributed by atoms with Crippen molar-refractivity contribution in [1.82, 2.24) is 16.1 Å². The van der Waals surface area contributed by atoms with Crippen molar-refractivity contribution < 1.29 is 38.4 Å². The monoisotopic (exact) mass is 566 g/mol. The molecule has 1 heterocycles. The summed E-state index contributed by atoms with van der Waals surface area (Å²) in [5.41, 5.74) is 4.55. The lowest BCUT2D eigenvalue weighted by atomic mass is 9.95. The van der Waals surface area contributed by atoms with Crippen molar-refractivity contribution in [3.63, 3.8) is 0 Å². The van der Waals surface area contributed by atoms with Crippen LogP contribution in [0.4, 0.5) is 4.79 Å². The van der Waals surface area contributed by atoms with Gasteiger partial charge in [-0.25, -0.2) is 9.59 Å². The number of ether oxygens (including phenoxy) is 5. The van der Waals surface area contributed by atoms with Gasteiger partial charge in [0.2, 0.25) is 0 Å². The third-order valence-electron chi connectivity index (χ3n) is 5.69. The molecule has 0 fully saturated rings. The minimum Gasteiger partial charge on any atom is -0.490 e. The van der Waals surface area contributed by atoms with Crippen molar-refractivity contribution in [3.8, 4) is 35.3 Å². The largest absolute Gasteiger partial charge is 0.490 e. The molecule has 0 bridgehead atoms. The minimum absolute atomic E-state index is 0.120. The first kappa shape index (κ1) is 30.6. The summed E-state index contributed by atoms with van der Waals surface area (Å²) in [6.07, 6.45) is 5.62. The van der Waals surface area contributed by atoms with Crippen LogP contribution in [0, 0.1) is 12.3 Å². The lowest BCUT2D eigenvalue weighted by molar-refractivity contribution is -0.136. The molecule has 12 heteroatoms.